The molecule has 1 unspecified atom stereocenters. The van der Waals surface area contributed by atoms with E-state index in [0.717, 1.165) is 11.3 Å². The summed E-state index contributed by atoms with van der Waals surface area (Å²) in [5.41, 5.74) is 1.76. The Morgan fingerprint density at radius 2 is 1.90 bits per heavy atom. The molecule has 5 nitrogen and oxygen atoms in total. The molecule has 0 fully saturated rings. The van der Waals surface area contributed by atoms with Crippen molar-refractivity contribution in [1.82, 2.24) is 0 Å². The van der Waals surface area contributed by atoms with Gasteiger partial charge < -0.3 is 10.1 Å². The van der Waals surface area contributed by atoms with Gasteiger partial charge in [0.25, 0.3) is 5.69 Å². The van der Waals surface area contributed by atoms with Gasteiger partial charge in [0.2, 0.25) is 0 Å². The van der Waals surface area contributed by atoms with Crippen LogP contribution in [0.2, 0.25) is 5.02 Å². The first kappa shape index (κ1) is 15.1. The van der Waals surface area contributed by atoms with Crippen LogP contribution in [0.5, 0.6) is 5.75 Å². The van der Waals surface area contributed by atoms with Crippen molar-refractivity contribution < 1.29 is 9.66 Å². The highest BCUT2D eigenvalue weighted by Crippen LogP contribution is 2.30. The highest BCUT2D eigenvalue weighted by molar-refractivity contribution is 6.33. The van der Waals surface area contributed by atoms with Crippen LogP contribution >= 0.6 is 11.6 Å². The largest absolute Gasteiger partial charge is 0.497 e. The molecule has 1 atom stereocenters. The van der Waals surface area contributed by atoms with Crippen LogP contribution in [-0.4, -0.2) is 12.0 Å². The van der Waals surface area contributed by atoms with Gasteiger partial charge in [-0.1, -0.05) is 23.7 Å². The van der Waals surface area contributed by atoms with Gasteiger partial charge in [0, 0.05) is 24.2 Å². The highest BCUT2D eigenvalue weighted by atomic mass is 35.5. The van der Waals surface area contributed by atoms with Gasteiger partial charge in [-0.3, -0.25) is 10.1 Å². The zero-order valence-electron chi connectivity index (χ0n) is 11.7. The number of benzene rings is 2. The van der Waals surface area contributed by atoms with Gasteiger partial charge >= 0.3 is 0 Å². The number of ether oxygens (including phenoxy) is 1. The molecule has 0 saturated heterocycles. The quantitative estimate of drug-likeness (QED) is 0.655. The number of methoxy groups -OCH3 is 1. The molecular formula is C15H15ClN2O3. The fourth-order valence-electron chi connectivity index (χ4n) is 1.94. The van der Waals surface area contributed by atoms with Gasteiger partial charge in [0.15, 0.2) is 0 Å². The van der Waals surface area contributed by atoms with Crippen molar-refractivity contribution in [2.45, 2.75) is 13.0 Å². The maximum atomic E-state index is 10.6. The Kier molecular flexibility index (Phi) is 4.65. The number of anilines is 1. The van der Waals surface area contributed by atoms with Crippen LogP contribution in [0, 0.1) is 10.1 Å². The van der Waals surface area contributed by atoms with Gasteiger partial charge in [-0.25, -0.2) is 0 Å². The summed E-state index contributed by atoms with van der Waals surface area (Å²) in [7, 11) is 1.59. The maximum absolute atomic E-state index is 10.6. The molecule has 0 heterocycles. The topological polar surface area (TPSA) is 64.4 Å². The van der Waals surface area contributed by atoms with E-state index in [1.54, 1.807) is 31.4 Å². The van der Waals surface area contributed by atoms with E-state index in [0.29, 0.717) is 10.8 Å². The molecule has 21 heavy (non-hydrogen) atoms. The first-order valence-corrected chi connectivity index (χ1v) is 6.73. The van der Waals surface area contributed by atoms with E-state index in [1.807, 2.05) is 13.0 Å². The number of hydrogen-bond donors (Lipinski definition) is 1. The Morgan fingerprint density at radius 3 is 2.48 bits per heavy atom. The maximum Gasteiger partial charge on any atom is 0.269 e. The Balaban J connectivity index is 2.17. The molecule has 0 aromatic heterocycles. The number of nitro benzene ring substituents is 1. The first-order valence-electron chi connectivity index (χ1n) is 6.35. The summed E-state index contributed by atoms with van der Waals surface area (Å²) < 4.78 is 5.17. The van der Waals surface area contributed by atoms with E-state index in [2.05, 4.69) is 5.32 Å². The van der Waals surface area contributed by atoms with Gasteiger partial charge in [-0.05, 0) is 24.6 Å². The smallest absolute Gasteiger partial charge is 0.269 e. The van der Waals surface area contributed by atoms with Crippen molar-refractivity contribution >= 4 is 23.0 Å². The fourth-order valence-corrected chi connectivity index (χ4v) is 2.12. The molecular weight excluding hydrogens is 292 g/mol. The summed E-state index contributed by atoms with van der Waals surface area (Å²) in [5, 5.41) is 14.5. The zero-order valence-corrected chi connectivity index (χ0v) is 12.4. The molecule has 2 aromatic rings. The van der Waals surface area contributed by atoms with Crippen LogP contribution < -0.4 is 10.1 Å². The highest BCUT2D eigenvalue weighted by Gasteiger charge is 2.11. The van der Waals surface area contributed by atoms with Gasteiger partial charge in [0.05, 0.1) is 22.7 Å². The predicted octanol–water partition coefficient (Wildman–Crippen LogP) is 4.43. The third-order valence-corrected chi connectivity index (χ3v) is 3.48. The lowest BCUT2D eigenvalue weighted by Gasteiger charge is -2.17. The van der Waals surface area contributed by atoms with Crippen molar-refractivity contribution in [1.29, 1.82) is 0 Å². The van der Waals surface area contributed by atoms with Crippen molar-refractivity contribution in [3.8, 4) is 5.75 Å². The van der Waals surface area contributed by atoms with E-state index in [4.69, 9.17) is 16.3 Å². The minimum atomic E-state index is -0.416. The molecule has 0 amide bonds. The van der Waals surface area contributed by atoms with Crippen LogP contribution in [0.3, 0.4) is 0 Å². The summed E-state index contributed by atoms with van der Waals surface area (Å²) in [6.07, 6.45) is 0. The van der Waals surface area contributed by atoms with E-state index < -0.39 is 4.92 Å². The molecule has 2 aromatic carbocycles. The Hall–Kier alpha value is -2.27. The van der Waals surface area contributed by atoms with Gasteiger partial charge in [-0.2, -0.15) is 0 Å². The summed E-state index contributed by atoms with van der Waals surface area (Å²) in [5.74, 6) is 0.706. The average molecular weight is 307 g/mol. The van der Waals surface area contributed by atoms with Crippen LogP contribution in [0.4, 0.5) is 11.4 Å². The van der Waals surface area contributed by atoms with Crippen LogP contribution in [0.15, 0.2) is 42.5 Å². The average Bonchev–Trinajstić information content (AvgIpc) is 2.49. The fraction of sp³-hybridized carbons (Fsp3) is 0.200. The molecule has 0 radical (unpaired) electrons. The Morgan fingerprint density at radius 1 is 1.24 bits per heavy atom. The minimum Gasteiger partial charge on any atom is -0.497 e. The third-order valence-electron chi connectivity index (χ3n) is 3.15. The first-order chi connectivity index (χ1) is 10.0. The summed E-state index contributed by atoms with van der Waals surface area (Å²) >= 11 is 6.14. The molecule has 0 aliphatic carbocycles. The minimum absolute atomic E-state index is 0.0459. The van der Waals surface area contributed by atoms with Crippen molar-refractivity contribution in [2.75, 3.05) is 12.4 Å². The lowest BCUT2D eigenvalue weighted by Crippen LogP contribution is -2.07. The zero-order chi connectivity index (χ0) is 15.4. The standard InChI is InChI=1S/C15H15ClN2O3/c1-10(11-3-5-12(6-4-11)18(19)20)17-15-9-13(21-2)7-8-14(15)16/h3-10,17H,1-2H3. The van der Waals surface area contributed by atoms with E-state index >= 15 is 0 Å². The van der Waals surface area contributed by atoms with Crippen molar-refractivity contribution in [2.24, 2.45) is 0 Å². The van der Waals surface area contributed by atoms with Crippen LogP contribution in [0.25, 0.3) is 0 Å². The van der Waals surface area contributed by atoms with Crippen LogP contribution in [-0.2, 0) is 0 Å². The van der Waals surface area contributed by atoms with E-state index in [9.17, 15) is 10.1 Å². The summed E-state index contributed by atoms with van der Waals surface area (Å²) in [4.78, 5) is 10.2. The molecule has 1 N–H and O–H groups in total. The van der Waals surface area contributed by atoms with E-state index in [1.165, 1.54) is 12.1 Å². The molecule has 110 valence electrons. The Bertz CT molecular complexity index is 644. The predicted molar refractivity (Wildman–Crippen MR) is 83.1 cm³/mol. The Labute approximate surface area is 127 Å². The number of nitrogens with one attached hydrogen (secondary N) is 1. The molecule has 0 spiro atoms. The number of halogens is 1. The number of hydrogen-bond acceptors (Lipinski definition) is 4. The normalized spacial score (nSPS) is 11.8. The second-order valence-corrected chi connectivity index (χ2v) is 4.97. The molecule has 6 heteroatoms. The van der Waals surface area contributed by atoms with Gasteiger partial charge in [-0.15, -0.1) is 0 Å². The van der Waals surface area contributed by atoms with Crippen molar-refractivity contribution in [3.05, 3.63) is 63.2 Å². The summed E-state index contributed by atoms with van der Waals surface area (Å²) in [6, 6.07) is 11.7. The van der Waals surface area contributed by atoms with E-state index in [-0.39, 0.29) is 11.7 Å². The van der Waals surface area contributed by atoms with Crippen LogP contribution in [0.1, 0.15) is 18.5 Å². The molecule has 0 aliphatic heterocycles. The lowest BCUT2D eigenvalue weighted by molar-refractivity contribution is -0.384. The second-order valence-electron chi connectivity index (χ2n) is 4.56. The molecule has 0 aliphatic rings. The van der Waals surface area contributed by atoms with Gasteiger partial charge in [0.1, 0.15) is 5.75 Å². The SMILES string of the molecule is COc1ccc(Cl)c(NC(C)c2ccc([N+](=O)[O-])cc2)c1. The number of nitro groups is 1. The summed E-state index contributed by atoms with van der Waals surface area (Å²) in [6.45, 7) is 1.96. The molecule has 0 bridgehead atoms. The monoisotopic (exact) mass is 306 g/mol. The lowest BCUT2D eigenvalue weighted by atomic mass is 10.1. The number of nitrogens with zero attached hydrogens (tertiary/aromatic N) is 1. The van der Waals surface area contributed by atoms with Crippen molar-refractivity contribution in [3.63, 3.8) is 0 Å². The number of rotatable bonds is 5. The number of non-ortho nitro benzene ring substituents is 1. The molecule has 2 rings (SSSR count). The second kappa shape index (κ2) is 6.45. The third kappa shape index (κ3) is 3.64. The molecule has 0 saturated carbocycles.